The van der Waals surface area contributed by atoms with Crippen LogP contribution in [-0.2, 0) is 16.0 Å². The van der Waals surface area contributed by atoms with Crippen molar-refractivity contribution in [3.8, 4) is 0 Å². The van der Waals surface area contributed by atoms with Crippen LogP contribution in [0.15, 0.2) is 42.6 Å². The highest BCUT2D eigenvalue weighted by molar-refractivity contribution is 6.09. The second kappa shape index (κ2) is 8.91. The molecule has 8 heteroatoms. The largest absolute Gasteiger partial charge is 0.325 e. The Bertz CT molecular complexity index is 951. The Morgan fingerprint density at radius 3 is 2.65 bits per heavy atom. The predicted molar refractivity (Wildman–Crippen MR) is 116 cm³/mol. The van der Waals surface area contributed by atoms with E-state index in [4.69, 9.17) is 0 Å². The van der Waals surface area contributed by atoms with Crippen molar-refractivity contribution in [3.05, 3.63) is 48.2 Å². The lowest BCUT2D eigenvalue weighted by atomic mass is 9.93. The molecule has 4 rings (SSSR count). The average Bonchev–Trinajstić information content (AvgIpc) is 3.32. The topological polar surface area (TPSA) is 96.3 Å². The van der Waals surface area contributed by atoms with Crippen molar-refractivity contribution in [1.29, 1.82) is 0 Å². The summed E-state index contributed by atoms with van der Waals surface area (Å²) in [6, 6.07) is 11.3. The number of benzene rings is 1. The van der Waals surface area contributed by atoms with Gasteiger partial charge < -0.3 is 10.6 Å². The molecule has 2 N–H and O–H groups in total. The first-order chi connectivity index (χ1) is 15.0. The standard InChI is InChI=1S/C23H29N5O3/c1-23(14-12-17-8-4-2-5-9-17)21(30)27(22(31)26-23)16-20(29)25-19-13-15-24-28(19)18-10-6-3-7-11-18/h2,4-5,8-9,13,15,18H,3,6-7,10-12,14,16H2,1H3,(H,25,29)(H,26,31)/t23-/m0/s1. The van der Waals surface area contributed by atoms with Crippen LogP contribution in [0.2, 0.25) is 0 Å². The Labute approximate surface area is 182 Å². The lowest BCUT2D eigenvalue weighted by Gasteiger charge is -2.24. The fourth-order valence-electron chi connectivity index (χ4n) is 4.45. The highest BCUT2D eigenvalue weighted by Gasteiger charge is 2.47. The van der Waals surface area contributed by atoms with Crippen LogP contribution in [0.5, 0.6) is 0 Å². The van der Waals surface area contributed by atoms with E-state index in [1.54, 1.807) is 19.2 Å². The van der Waals surface area contributed by atoms with Crippen LogP contribution in [0.4, 0.5) is 10.6 Å². The van der Waals surface area contributed by atoms with Crippen molar-refractivity contribution in [2.75, 3.05) is 11.9 Å². The van der Waals surface area contributed by atoms with Gasteiger partial charge in [-0.05, 0) is 38.2 Å². The minimum Gasteiger partial charge on any atom is -0.323 e. The number of carbonyl (C=O) groups excluding carboxylic acids is 3. The first kappa shape index (κ1) is 21.1. The minimum atomic E-state index is -1.02. The maximum atomic E-state index is 13.0. The van der Waals surface area contributed by atoms with Crippen molar-refractivity contribution in [2.24, 2.45) is 0 Å². The van der Waals surface area contributed by atoms with Gasteiger partial charge in [-0.25, -0.2) is 9.48 Å². The summed E-state index contributed by atoms with van der Waals surface area (Å²) in [6.45, 7) is 1.40. The second-order valence-corrected chi connectivity index (χ2v) is 8.64. The molecule has 164 valence electrons. The molecule has 2 aliphatic rings. The normalized spacial score (nSPS) is 21.9. The first-order valence-corrected chi connectivity index (χ1v) is 11.0. The van der Waals surface area contributed by atoms with Gasteiger partial charge in [-0.3, -0.25) is 14.5 Å². The summed E-state index contributed by atoms with van der Waals surface area (Å²) in [5.74, 6) is -0.173. The Morgan fingerprint density at radius 1 is 1.16 bits per heavy atom. The molecule has 1 aliphatic heterocycles. The van der Waals surface area contributed by atoms with E-state index in [0.717, 1.165) is 36.1 Å². The fourth-order valence-corrected chi connectivity index (χ4v) is 4.45. The Kier molecular flexibility index (Phi) is 6.06. The van der Waals surface area contributed by atoms with Gasteiger partial charge in [0, 0.05) is 6.07 Å². The van der Waals surface area contributed by atoms with Gasteiger partial charge >= 0.3 is 6.03 Å². The van der Waals surface area contributed by atoms with Crippen LogP contribution < -0.4 is 10.6 Å². The lowest BCUT2D eigenvalue weighted by molar-refractivity contribution is -0.133. The number of amides is 4. The third kappa shape index (κ3) is 4.62. The van der Waals surface area contributed by atoms with Gasteiger partial charge in [-0.2, -0.15) is 5.10 Å². The molecule has 2 aromatic rings. The smallest absolute Gasteiger partial charge is 0.323 e. The maximum Gasteiger partial charge on any atom is 0.325 e. The van der Waals surface area contributed by atoms with E-state index in [9.17, 15) is 14.4 Å². The molecular weight excluding hydrogens is 394 g/mol. The van der Waals surface area contributed by atoms with Crippen molar-refractivity contribution >= 4 is 23.7 Å². The molecule has 2 heterocycles. The van der Waals surface area contributed by atoms with E-state index >= 15 is 0 Å². The number of aromatic nitrogens is 2. The molecule has 0 spiro atoms. The van der Waals surface area contributed by atoms with Crippen molar-refractivity contribution in [1.82, 2.24) is 20.0 Å². The summed E-state index contributed by atoms with van der Waals surface area (Å²) in [5.41, 5.74) is 0.0785. The van der Waals surface area contributed by atoms with Crippen LogP contribution in [0.25, 0.3) is 0 Å². The van der Waals surface area contributed by atoms with Crippen LogP contribution in [0.1, 0.15) is 57.1 Å². The molecule has 1 aromatic carbocycles. The summed E-state index contributed by atoms with van der Waals surface area (Å²) in [7, 11) is 0. The Morgan fingerprint density at radius 2 is 1.90 bits per heavy atom. The summed E-state index contributed by atoms with van der Waals surface area (Å²) < 4.78 is 1.85. The van der Waals surface area contributed by atoms with Gasteiger partial charge in [-0.15, -0.1) is 0 Å². The van der Waals surface area contributed by atoms with E-state index < -0.39 is 17.5 Å². The molecule has 1 aliphatic carbocycles. The molecule has 0 radical (unpaired) electrons. The molecule has 1 saturated heterocycles. The molecule has 4 amide bonds. The molecule has 31 heavy (non-hydrogen) atoms. The highest BCUT2D eigenvalue weighted by atomic mass is 16.2. The molecule has 0 bridgehead atoms. The maximum absolute atomic E-state index is 13.0. The number of hydrogen-bond donors (Lipinski definition) is 2. The number of carbonyl (C=O) groups is 3. The number of nitrogens with one attached hydrogen (secondary N) is 2. The van der Waals surface area contributed by atoms with Gasteiger partial charge in [-0.1, -0.05) is 49.6 Å². The third-order valence-corrected chi connectivity index (χ3v) is 6.26. The van der Waals surface area contributed by atoms with Gasteiger partial charge in [0.05, 0.1) is 12.2 Å². The van der Waals surface area contributed by atoms with E-state index in [1.165, 1.54) is 6.42 Å². The van der Waals surface area contributed by atoms with Crippen molar-refractivity contribution in [2.45, 2.75) is 63.5 Å². The van der Waals surface area contributed by atoms with Crippen LogP contribution in [-0.4, -0.2) is 44.6 Å². The lowest BCUT2D eigenvalue weighted by Crippen LogP contribution is -2.45. The summed E-state index contributed by atoms with van der Waals surface area (Å²) in [5, 5.41) is 9.97. The zero-order valence-electron chi connectivity index (χ0n) is 17.8. The minimum absolute atomic E-state index is 0.275. The highest BCUT2D eigenvalue weighted by Crippen LogP contribution is 2.30. The molecule has 1 aromatic heterocycles. The zero-order valence-corrected chi connectivity index (χ0v) is 17.8. The number of nitrogens with zero attached hydrogens (tertiary/aromatic N) is 3. The first-order valence-electron chi connectivity index (χ1n) is 11.0. The van der Waals surface area contributed by atoms with Crippen LogP contribution >= 0.6 is 0 Å². The average molecular weight is 424 g/mol. The van der Waals surface area contributed by atoms with Crippen molar-refractivity contribution < 1.29 is 14.4 Å². The predicted octanol–water partition coefficient (Wildman–Crippen LogP) is 3.27. The molecule has 1 atom stereocenters. The number of anilines is 1. The van der Waals surface area contributed by atoms with Gasteiger partial charge in [0.1, 0.15) is 17.9 Å². The number of imide groups is 1. The Balaban J connectivity index is 1.37. The number of aryl methyl sites for hydroxylation is 1. The summed E-state index contributed by atoms with van der Waals surface area (Å²) in [6.07, 6.45) is 8.41. The summed E-state index contributed by atoms with van der Waals surface area (Å²) >= 11 is 0. The Hall–Kier alpha value is -3.16. The third-order valence-electron chi connectivity index (χ3n) is 6.26. The van der Waals surface area contributed by atoms with E-state index in [1.807, 2.05) is 35.0 Å². The molecular formula is C23H29N5O3. The SMILES string of the molecule is C[C@@]1(CCc2ccccc2)NC(=O)N(CC(=O)Nc2ccnn2C2CCCCC2)C1=O. The molecule has 8 nitrogen and oxygen atoms in total. The summed E-state index contributed by atoms with van der Waals surface area (Å²) in [4.78, 5) is 39.1. The van der Waals surface area contributed by atoms with Crippen LogP contribution in [0.3, 0.4) is 0 Å². The fraction of sp³-hybridized carbons (Fsp3) is 0.478. The second-order valence-electron chi connectivity index (χ2n) is 8.64. The number of rotatable bonds is 7. The number of urea groups is 1. The van der Waals surface area contributed by atoms with Gasteiger partial charge in [0.25, 0.3) is 5.91 Å². The number of hydrogen-bond acceptors (Lipinski definition) is 4. The zero-order chi connectivity index (χ0) is 21.8. The van der Waals surface area contributed by atoms with E-state index in [0.29, 0.717) is 18.7 Å². The van der Waals surface area contributed by atoms with Crippen molar-refractivity contribution in [3.63, 3.8) is 0 Å². The monoisotopic (exact) mass is 423 g/mol. The van der Waals surface area contributed by atoms with E-state index in [-0.39, 0.29) is 18.5 Å². The van der Waals surface area contributed by atoms with Gasteiger partial charge in [0.2, 0.25) is 5.91 Å². The quantitative estimate of drug-likeness (QED) is 0.668. The van der Waals surface area contributed by atoms with Crippen LogP contribution in [0, 0.1) is 0 Å². The molecule has 0 unspecified atom stereocenters. The van der Waals surface area contributed by atoms with Gasteiger partial charge in [0.15, 0.2) is 0 Å². The van der Waals surface area contributed by atoms with E-state index in [2.05, 4.69) is 15.7 Å². The molecule has 2 fully saturated rings. The molecule has 1 saturated carbocycles.